The number of nitrogens with one attached hydrogen (secondary N) is 2. The summed E-state index contributed by atoms with van der Waals surface area (Å²) in [5.74, 6) is -0.434. The van der Waals surface area contributed by atoms with E-state index in [9.17, 15) is 18.3 Å². The molecule has 0 saturated heterocycles. The molecule has 0 aliphatic carbocycles. The summed E-state index contributed by atoms with van der Waals surface area (Å²) in [5.41, 5.74) is 0.726. The molecule has 0 unspecified atom stereocenters. The van der Waals surface area contributed by atoms with Gasteiger partial charge >= 0.3 is 0 Å². The van der Waals surface area contributed by atoms with Crippen LogP contribution >= 0.6 is 23.2 Å². The van der Waals surface area contributed by atoms with E-state index in [2.05, 4.69) is 10.0 Å². The number of phenolic OH excluding ortho intramolecular Hbond substituents is 1. The summed E-state index contributed by atoms with van der Waals surface area (Å²) in [6.45, 7) is 0. The maximum Gasteiger partial charge on any atom is 0.262 e. The lowest BCUT2D eigenvalue weighted by Crippen LogP contribution is -2.17. The van der Waals surface area contributed by atoms with E-state index in [4.69, 9.17) is 27.9 Å². The molecule has 0 aromatic heterocycles. The molecule has 0 spiro atoms. The molecule has 3 aromatic rings. The smallest absolute Gasteiger partial charge is 0.262 e. The predicted octanol–water partition coefficient (Wildman–Crippen LogP) is 4.69. The van der Waals surface area contributed by atoms with Crippen LogP contribution in [-0.2, 0) is 21.2 Å². The molecule has 0 atom stereocenters. The van der Waals surface area contributed by atoms with Gasteiger partial charge in [0.1, 0.15) is 11.5 Å². The third-order valence-electron chi connectivity index (χ3n) is 4.27. The first-order valence-electron chi connectivity index (χ1n) is 8.92. The third kappa shape index (κ3) is 5.61. The second-order valence-electron chi connectivity index (χ2n) is 6.45. The minimum atomic E-state index is -4.02. The minimum Gasteiger partial charge on any atom is -0.506 e. The van der Waals surface area contributed by atoms with Crippen molar-refractivity contribution < 1.29 is 23.1 Å². The minimum absolute atomic E-state index is 0.0574. The maximum absolute atomic E-state index is 12.8. The topological polar surface area (TPSA) is 105 Å². The highest BCUT2D eigenvalue weighted by Gasteiger charge is 2.19. The van der Waals surface area contributed by atoms with Crippen molar-refractivity contribution in [3.63, 3.8) is 0 Å². The Kier molecular flexibility index (Phi) is 6.94. The number of carbonyl (C=O) groups excluding carboxylic acids is 1. The van der Waals surface area contributed by atoms with Gasteiger partial charge in [0.05, 0.1) is 29.8 Å². The lowest BCUT2D eigenvalue weighted by Gasteiger charge is -2.13. The molecular weight excluding hydrogens is 463 g/mol. The molecule has 162 valence electrons. The largest absolute Gasteiger partial charge is 0.506 e. The summed E-state index contributed by atoms with van der Waals surface area (Å²) < 4.78 is 33.2. The maximum atomic E-state index is 12.8. The Labute approximate surface area is 189 Å². The van der Waals surface area contributed by atoms with E-state index in [1.165, 1.54) is 25.3 Å². The van der Waals surface area contributed by atoms with Crippen LogP contribution in [0.4, 0.5) is 11.4 Å². The first-order valence-corrected chi connectivity index (χ1v) is 11.2. The van der Waals surface area contributed by atoms with Crippen LogP contribution in [-0.4, -0.2) is 26.5 Å². The molecule has 0 fully saturated rings. The number of hydrogen-bond acceptors (Lipinski definition) is 5. The van der Waals surface area contributed by atoms with E-state index >= 15 is 0 Å². The number of amides is 1. The average Bonchev–Trinajstić information content (AvgIpc) is 2.72. The monoisotopic (exact) mass is 480 g/mol. The Morgan fingerprint density at radius 2 is 1.77 bits per heavy atom. The molecule has 0 aliphatic heterocycles. The van der Waals surface area contributed by atoms with Gasteiger partial charge in [-0.15, -0.1) is 0 Å². The van der Waals surface area contributed by atoms with Crippen LogP contribution in [0.2, 0.25) is 10.0 Å². The fourth-order valence-corrected chi connectivity index (χ4v) is 4.32. The van der Waals surface area contributed by atoms with E-state index in [1.54, 1.807) is 36.4 Å². The summed E-state index contributed by atoms with van der Waals surface area (Å²) in [5, 5.41) is 13.3. The Bertz CT molecular complexity index is 1230. The van der Waals surface area contributed by atoms with Crippen molar-refractivity contribution in [1.82, 2.24) is 0 Å². The summed E-state index contributed by atoms with van der Waals surface area (Å²) in [6.07, 6.45) is -0.0914. The van der Waals surface area contributed by atoms with Gasteiger partial charge in [-0.3, -0.25) is 9.52 Å². The van der Waals surface area contributed by atoms with Crippen molar-refractivity contribution in [2.45, 2.75) is 11.3 Å². The van der Waals surface area contributed by atoms with Crippen LogP contribution in [0.3, 0.4) is 0 Å². The van der Waals surface area contributed by atoms with Crippen LogP contribution in [0.5, 0.6) is 11.5 Å². The van der Waals surface area contributed by atoms with E-state index < -0.39 is 15.9 Å². The van der Waals surface area contributed by atoms with Gasteiger partial charge in [-0.1, -0.05) is 41.4 Å². The highest BCUT2D eigenvalue weighted by atomic mass is 35.5. The fourth-order valence-electron chi connectivity index (χ4n) is 2.75. The number of methoxy groups -OCH3 is 1. The Balaban J connectivity index is 1.81. The molecule has 31 heavy (non-hydrogen) atoms. The van der Waals surface area contributed by atoms with Crippen molar-refractivity contribution in [1.29, 1.82) is 0 Å². The van der Waals surface area contributed by atoms with Gasteiger partial charge in [0.15, 0.2) is 0 Å². The first kappa shape index (κ1) is 22.7. The van der Waals surface area contributed by atoms with Gasteiger partial charge in [0.25, 0.3) is 10.0 Å². The Morgan fingerprint density at radius 1 is 1.03 bits per heavy atom. The molecule has 3 N–H and O–H groups in total. The number of ether oxygens (including phenoxy) is 1. The SMILES string of the molecule is COc1ccccc1NS(=O)(=O)c1ccc(O)c(NC(=O)Cc2ccc(Cl)cc2Cl)c1. The molecule has 0 radical (unpaired) electrons. The number of benzene rings is 3. The number of para-hydroxylation sites is 2. The van der Waals surface area contributed by atoms with Gasteiger partial charge in [0, 0.05) is 10.0 Å². The zero-order valence-electron chi connectivity index (χ0n) is 16.2. The number of rotatable bonds is 7. The predicted molar refractivity (Wildman–Crippen MR) is 121 cm³/mol. The lowest BCUT2D eigenvalue weighted by molar-refractivity contribution is -0.115. The molecule has 3 rings (SSSR count). The van der Waals surface area contributed by atoms with Crippen LogP contribution < -0.4 is 14.8 Å². The Hall–Kier alpha value is -2.94. The van der Waals surface area contributed by atoms with Crippen molar-refractivity contribution in [2.75, 3.05) is 17.1 Å². The van der Waals surface area contributed by atoms with Gasteiger partial charge in [-0.05, 0) is 48.0 Å². The number of anilines is 2. The van der Waals surface area contributed by atoms with Gasteiger partial charge in [-0.25, -0.2) is 8.42 Å². The number of phenols is 1. The molecule has 0 saturated carbocycles. The second kappa shape index (κ2) is 9.47. The van der Waals surface area contributed by atoms with Crippen LogP contribution in [0.15, 0.2) is 65.6 Å². The summed E-state index contributed by atoms with van der Waals surface area (Å²) >= 11 is 11.9. The molecule has 7 nitrogen and oxygen atoms in total. The van der Waals surface area contributed by atoms with Crippen LogP contribution in [0.1, 0.15) is 5.56 Å². The van der Waals surface area contributed by atoms with Crippen LogP contribution in [0.25, 0.3) is 0 Å². The zero-order chi connectivity index (χ0) is 22.6. The third-order valence-corrected chi connectivity index (χ3v) is 6.22. The molecule has 1 amide bonds. The molecule has 0 aliphatic rings. The van der Waals surface area contributed by atoms with E-state index in [-0.39, 0.29) is 28.4 Å². The van der Waals surface area contributed by atoms with Crippen molar-refractivity contribution >= 4 is 50.5 Å². The number of hydrogen-bond donors (Lipinski definition) is 3. The fraction of sp³-hybridized carbons (Fsp3) is 0.0952. The summed E-state index contributed by atoms with van der Waals surface area (Å²) in [7, 11) is -2.59. The normalized spacial score (nSPS) is 11.1. The van der Waals surface area contributed by atoms with E-state index in [0.29, 0.717) is 21.4 Å². The molecule has 0 heterocycles. The quantitative estimate of drug-likeness (QED) is 0.425. The van der Waals surface area contributed by atoms with Crippen LogP contribution in [0, 0.1) is 0 Å². The Morgan fingerprint density at radius 3 is 2.48 bits per heavy atom. The molecule has 10 heteroatoms. The highest BCUT2D eigenvalue weighted by molar-refractivity contribution is 7.92. The number of sulfonamides is 1. The molecule has 3 aromatic carbocycles. The number of aromatic hydroxyl groups is 1. The average molecular weight is 481 g/mol. The van der Waals surface area contributed by atoms with Crippen molar-refractivity contribution in [2.24, 2.45) is 0 Å². The van der Waals surface area contributed by atoms with E-state index in [0.717, 1.165) is 6.07 Å². The lowest BCUT2D eigenvalue weighted by atomic mass is 10.1. The summed E-state index contributed by atoms with van der Waals surface area (Å²) in [6, 6.07) is 14.8. The number of halogens is 2. The van der Waals surface area contributed by atoms with Crippen molar-refractivity contribution in [3.05, 3.63) is 76.3 Å². The van der Waals surface area contributed by atoms with Gasteiger partial charge in [0.2, 0.25) is 5.91 Å². The second-order valence-corrected chi connectivity index (χ2v) is 8.97. The highest BCUT2D eigenvalue weighted by Crippen LogP contribution is 2.30. The van der Waals surface area contributed by atoms with Gasteiger partial charge < -0.3 is 15.2 Å². The van der Waals surface area contributed by atoms with Gasteiger partial charge in [-0.2, -0.15) is 0 Å². The molecular formula is C21H18Cl2N2O5S. The zero-order valence-corrected chi connectivity index (χ0v) is 18.6. The molecule has 0 bridgehead atoms. The number of carbonyl (C=O) groups is 1. The summed E-state index contributed by atoms with van der Waals surface area (Å²) in [4.78, 5) is 12.3. The van der Waals surface area contributed by atoms with Crippen molar-refractivity contribution in [3.8, 4) is 11.5 Å². The van der Waals surface area contributed by atoms with E-state index in [1.807, 2.05) is 0 Å². The first-order chi connectivity index (χ1) is 14.7. The standard InChI is InChI=1S/C21H18Cl2N2O5S/c1-30-20-5-3-2-4-17(20)25-31(28,29)15-8-9-19(26)18(12-15)24-21(27)10-13-6-7-14(22)11-16(13)23/h2-9,11-12,25-26H,10H2,1H3,(H,24,27).